The molecule has 112 valence electrons. The first kappa shape index (κ1) is 16.1. The van der Waals surface area contributed by atoms with Crippen LogP contribution >= 0.6 is 23.4 Å². The second-order valence-corrected chi connectivity index (χ2v) is 5.54. The highest BCUT2D eigenvalue weighted by Crippen LogP contribution is 2.37. The summed E-state index contributed by atoms with van der Waals surface area (Å²) in [5.74, 6) is 0.345. The second kappa shape index (κ2) is 6.64. The molecule has 0 radical (unpaired) electrons. The maximum absolute atomic E-state index is 12.3. The van der Waals surface area contributed by atoms with Gasteiger partial charge in [-0.05, 0) is 30.0 Å². The zero-order valence-corrected chi connectivity index (χ0v) is 12.4. The van der Waals surface area contributed by atoms with Crippen LogP contribution in [0.25, 0.3) is 11.4 Å². The average molecular weight is 335 g/mol. The Kier molecular flexibility index (Phi) is 5.08. The molecule has 1 aromatic carbocycles. The number of rotatable bonds is 4. The van der Waals surface area contributed by atoms with Crippen LogP contribution in [0.15, 0.2) is 35.2 Å². The zero-order valence-electron chi connectivity index (χ0n) is 10.8. The fraction of sp³-hybridized carbons (Fsp3) is 0.231. The number of hydrogen-bond acceptors (Lipinski definition) is 4. The minimum absolute atomic E-state index is 0.102. The van der Waals surface area contributed by atoms with Crippen molar-refractivity contribution < 1.29 is 17.9 Å². The Morgan fingerprint density at radius 2 is 1.86 bits per heavy atom. The molecular weight excluding hydrogens is 325 g/mol. The Balaban J connectivity index is 2.26. The third-order valence-electron chi connectivity index (χ3n) is 2.39. The van der Waals surface area contributed by atoms with Gasteiger partial charge in [-0.25, -0.2) is 9.97 Å². The van der Waals surface area contributed by atoms with Crippen molar-refractivity contribution in [3.8, 4) is 11.4 Å². The van der Waals surface area contributed by atoms with Crippen LogP contribution in [-0.4, -0.2) is 22.6 Å². The number of hydrogen-bond donors (Lipinski definition) is 0. The molecule has 0 aliphatic heterocycles. The van der Waals surface area contributed by atoms with Gasteiger partial charge in [0.15, 0.2) is 5.82 Å². The van der Waals surface area contributed by atoms with Gasteiger partial charge in [-0.2, -0.15) is 13.2 Å². The van der Waals surface area contributed by atoms with Crippen molar-refractivity contribution in [1.82, 2.24) is 9.97 Å². The van der Waals surface area contributed by atoms with Gasteiger partial charge < -0.3 is 4.74 Å². The SMILES string of the molecule is COCc1cc(Cl)nc(-c2ccc(SC(F)(F)F)cc2)n1. The number of alkyl halides is 3. The van der Waals surface area contributed by atoms with E-state index in [-0.39, 0.29) is 28.4 Å². The number of benzene rings is 1. The normalized spacial score (nSPS) is 11.7. The fourth-order valence-electron chi connectivity index (χ4n) is 1.62. The van der Waals surface area contributed by atoms with E-state index in [2.05, 4.69) is 9.97 Å². The van der Waals surface area contributed by atoms with Crippen LogP contribution in [0.4, 0.5) is 13.2 Å². The zero-order chi connectivity index (χ0) is 15.5. The van der Waals surface area contributed by atoms with Crippen LogP contribution in [0.2, 0.25) is 5.15 Å². The summed E-state index contributed by atoms with van der Waals surface area (Å²) in [6.45, 7) is 0.275. The third kappa shape index (κ3) is 4.87. The minimum atomic E-state index is -4.31. The summed E-state index contributed by atoms with van der Waals surface area (Å²) >= 11 is 5.73. The summed E-state index contributed by atoms with van der Waals surface area (Å²) in [5, 5.41) is 0.251. The summed E-state index contributed by atoms with van der Waals surface area (Å²) in [4.78, 5) is 8.41. The molecule has 0 saturated heterocycles. The Labute approximate surface area is 128 Å². The molecule has 0 unspecified atom stereocenters. The van der Waals surface area contributed by atoms with E-state index in [9.17, 15) is 13.2 Å². The van der Waals surface area contributed by atoms with Gasteiger partial charge in [-0.1, -0.05) is 23.7 Å². The van der Waals surface area contributed by atoms with Crippen molar-refractivity contribution in [2.45, 2.75) is 17.0 Å². The molecule has 21 heavy (non-hydrogen) atoms. The van der Waals surface area contributed by atoms with Crippen molar-refractivity contribution in [2.75, 3.05) is 7.11 Å². The molecule has 0 spiro atoms. The Hall–Kier alpha value is -1.31. The summed E-state index contributed by atoms with van der Waals surface area (Å²) in [7, 11) is 1.53. The minimum Gasteiger partial charge on any atom is -0.378 e. The lowest BCUT2D eigenvalue weighted by molar-refractivity contribution is -0.0328. The van der Waals surface area contributed by atoms with Crippen LogP contribution in [0.1, 0.15) is 5.69 Å². The van der Waals surface area contributed by atoms with Crippen molar-refractivity contribution >= 4 is 23.4 Å². The van der Waals surface area contributed by atoms with Crippen LogP contribution in [-0.2, 0) is 11.3 Å². The molecule has 3 nitrogen and oxygen atoms in total. The summed E-state index contributed by atoms with van der Waals surface area (Å²) in [6, 6.07) is 7.36. The lowest BCUT2D eigenvalue weighted by Gasteiger charge is -2.07. The van der Waals surface area contributed by atoms with Crippen LogP contribution in [0, 0.1) is 0 Å². The van der Waals surface area contributed by atoms with E-state index in [4.69, 9.17) is 16.3 Å². The average Bonchev–Trinajstić information content (AvgIpc) is 2.37. The highest BCUT2D eigenvalue weighted by Gasteiger charge is 2.29. The Morgan fingerprint density at radius 1 is 1.19 bits per heavy atom. The van der Waals surface area contributed by atoms with Crippen molar-refractivity contribution in [2.24, 2.45) is 0 Å². The van der Waals surface area contributed by atoms with Gasteiger partial charge in [-0.3, -0.25) is 0 Å². The molecule has 0 atom stereocenters. The molecule has 0 bridgehead atoms. The Bertz CT molecular complexity index is 620. The molecule has 2 rings (SSSR count). The second-order valence-electron chi connectivity index (χ2n) is 4.01. The summed E-state index contributed by atoms with van der Waals surface area (Å²) in [5.41, 5.74) is -3.12. The number of thioether (sulfide) groups is 1. The van der Waals surface area contributed by atoms with E-state index >= 15 is 0 Å². The largest absolute Gasteiger partial charge is 0.446 e. The molecule has 0 aliphatic rings. The van der Waals surface area contributed by atoms with E-state index < -0.39 is 5.51 Å². The first-order valence-corrected chi connectivity index (χ1v) is 6.95. The van der Waals surface area contributed by atoms with E-state index in [0.717, 1.165) is 0 Å². The molecule has 0 aliphatic carbocycles. The number of nitrogens with zero attached hydrogens (tertiary/aromatic N) is 2. The molecule has 0 fully saturated rings. The number of ether oxygens (including phenoxy) is 1. The molecule has 0 saturated carbocycles. The van der Waals surface area contributed by atoms with Crippen molar-refractivity contribution in [1.29, 1.82) is 0 Å². The number of halogens is 4. The number of methoxy groups -OCH3 is 1. The highest BCUT2D eigenvalue weighted by atomic mass is 35.5. The van der Waals surface area contributed by atoms with Gasteiger partial charge in [0, 0.05) is 17.6 Å². The lowest BCUT2D eigenvalue weighted by Crippen LogP contribution is -1.99. The molecular formula is C13H10ClF3N2OS. The first-order valence-electron chi connectivity index (χ1n) is 5.76. The predicted molar refractivity (Wildman–Crippen MR) is 75.1 cm³/mol. The maximum atomic E-state index is 12.3. The van der Waals surface area contributed by atoms with Crippen LogP contribution in [0.5, 0.6) is 0 Å². The van der Waals surface area contributed by atoms with Gasteiger partial charge in [0.25, 0.3) is 0 Å². The van der Waals surface area contributed by atoms with E-state index in [1.807, 2.05) is 0 Å². The van der Waals surface area contributed by atoms with E-state index in [0.29, 0.717) is 17.1 Å². The van der Waals surface area contributed by atoms with Gasteiger partial charge >= 0.3 is 5.51 Å². The maximum Gasteiger partial charge on any atom is 0.446 e. The fourth-order valence-corrected chi connectivity index (χ4v) is 2.37. The van der Waals surface area contributed by atoms with E-state index in [1.54, 1.807) is 6.07 Å². The quantitative estimate of drug-likeness (QED) is 0.606. The van der Waals surface area contributed by atoms with Crippen molar-refractivity contribution in [3.05, 3.63) is 41.2 Å². The highest BCUT2D eigenvalue weighted by molar-refractivity contribution is 8.00. The van der Waals surface area contributed by atoms with Gasteiger partial charge in [0.1, 0.15) is 5.15 Å². The standard InChI is InChI=1S/C13H10ClF3N2OS/c1-20-7-9-6-11(14)19-12(18-9)8-2-4-10(5-3-8)21-13(15,16)17/h2-6H,7H2,1H3. The monoisotopic (exact) mass is 334 g/mol. The number of aromatic nitrogens is 2. The predicted octanol–water partition coefficient (Wildman–Crippen LogP) is 4.56. The van der Waals surface area contributed by atoms with Gasteiger partial charge in [0.05, 0.1) is 12.3 Å². The van der Waals surface area contributed by atoms with Crippen molar-refractivity contribution in [3.63, 3.8) is 0 Å². The summed E-state index contributed by atoms with van der Waals surface area (Å²) < 4.78 is 41.8. The summed E-state index contributed by atoms with van der Waals surface area (Å²) in [6.07, 6.45) is 0. The lowest BCUT2D eigenvalue weighted by atomic mass is 10.2. The first-order chi connectivity index (χ1) is 9.87. The topological polar surface area (TPSA) is 35.0 Å². The third-order valence-corrected chi connectivity index (χ3v) is 3.32. The molecule has 1 heterocycles. The molecule has 0 N–H and O–H groups in total. The smallest absolute Gasteiger partial charge is 0.378 e. The molecule has 2 aromatic rings. The van der Waals surface area contributed by atoms with Crippen LogP contribution < -0.4 is 0 Å². The van der Waals surface area contributed by atoms with Gasteiger partial charge in [-0.15, -0.1) is 0 Å². The Morgan fingerprint density at radius 3 is 2.43 bits per heavy atom. The molecule has 8 heteroatoms. The molecule has 0 amide bonds. The molecule has 1 aromatic heterocycles. The van der Waals surface area contributed by atoms with Gasteiger partial charge in [0.2, 0.25) is 0 Å². The van der Waals surface area contributed by atoms with Crippen LogP contribution in [0.3, 0.4) is 0 Å². The van der Waals surface area contributed by atoms with E-state index in [1.165, 1.54) is 31.4 Å².